The van der Waals surface area contributed by atoms with Crippen molar-refractivity contribution in [1.29, 1.82) is 0 Å². The van der Waals surface area contributed by atoms with E-state index in [0.717, 1.165) is 31.3 Å². The van der Waals surface area contributed by atoms with E-state index in [4.69, 9.17) is 14.2 Å². The highest BCUT2D eigenvalue weighted by molar-refractivity contribution is 5.91. The molecule has 184 valence electrons. The minimum absolute atomic E-state index is 0.162. The summed E-state index contributed by atoms with van der Waals surface area (Å²) in [5, 5.41) is 3.80. The van der Waals surface area contributed by atoms with Crippen LogP contribution in [0.4, 0.5) is 10.5 Å². The number of aromatic nitrogens is 1. The van der Waals surface area contributed by atoms with Crippen molar-refractivity contribution < 1.29 is 19.0 Å². The first-order valence-electron chi connectivity index (χ1n) is 11.9. The molecule has 1 fully saturated rings. The summed E-state index contributed by atoms with van der Waals surface area (Å²) in [6.07, 6.45) is 2.12. The van der Waals surface area contributed by atoms with Crippen LogP contribution in [0.15, 0.2) is 47.3 Å². The molecular weight excluding hydrogens is 448 g/mol. The number of nitrogens with one attached hydrogen (secondary N) is 2. The Kier molecular flexibility index (Phi) is 6.50. The molecule has 0 saturated carbocycles. The number of benzene rings is 2. The summed E-state index contributed by atoms with van der Waals surface area (Å²) in [5.41, 5.74) is 1.53. The smallest absolute Gasteiger partial charge is 0.322 e. The average molecular weight is 479 g/mol. The Labute approximate surface area is 203 Å². The summed E-state index contributed by atoms with van der Waals surface area (Å²) in [6.45, 7) is 4.94. The van der Waals surface area contributed by atoms with E-state index < -0.39 is 0 Å². The highest BCUT2D eigenvalue weighted by atomic mass is 16.7. The molecule has 9 nitrogen and oxygen atoms in total. The van der Waals surface area contributed by atoms with Crippen molar-refractivity contribution in [3.63, 3.8) is 0 Å². The number of carbonyl (C=O) groups excluding carboxylic acids is 1. The number of likely N-dealkylation sites (N-methyl/N-ethyl adjacent to an activating group) is 1. The zero-order valence-corrected chi connectivity index (χ0v) is 20.0. The number of hydrogen-bond donors (Lipinski definition) is 2. The fourth-order valence-electron chi connectivity index (χ4n) is 4.90. The lowest BCUT2D eigenvalue weighted by Gasteiger charge is -2.30. The van der Waals surface area contributed by atoms with E-state index in [9.17, 15) is 9.59 Å². The van der Waals surface area contributed by atoms with Crippen LogP contribution in [0, 0.1) is 0 Å². The molecule has 2 amide bonds. The van der Waals surface area contributed by atoms with Gasteiger partial charge in [0, 0.05) is 29.6 Å². The van der Waals surface area contributed by atoms with Crippen molar-refractivity contribution in [1.82, 2.24) is 14.8 Å². The Hall–Kier alpha value is -3.72. The molecule has 2 N–H and O–H groups in total. The normalized spacial score (nSPS) is 17.0. The Morgan fingerprint density at radius 1 is 1.23 bits per heavy atom. The zero-order chi connectivity index (χ0) is 24.4. The van der Waals surface area contributed by atoms with Crippen LogP contribution in [0.5, 0.6) is 17.2 Å². The van der Waals surface area contributed by atoms with E-state index in [1.807, 2.05) is 24.3 Å². The molecule has 5 rings (SSSR count). The molecule has 0 unspecified atom stereocenters. The van der Waals surface area contributed by atoms with E-state index in [2.05, 4.69) is 22.1 Å². The van der Waals surface area contributed by atoms with Crippen LogP contribution >= 0.6 is 0 Å². The second-order valence-corrected chi connectivity index (χ2v) is 8.85. The quantitative estimate of drug-likeness (QED) is 0.537. The summed E-state index contributed by atoms with van der Waals surface area (Å²) in [5.74, 6) is 1.84. The first-order valence-corrected chi connectivity index (χ1v) is 11.9. The van der Waals surface area contributed by atoms with Gasteiger partial charge in [0.1, 0.15) is 5.75 Å². The third-order valence-electron chi connectivity index (χ3n) is 6.75. The van der Waals surface area contributed by atoms with Crippen LogP contribution in [-0.2, 0) is 6.54 Å². The number of anilines is 1. The summed E-state index contributed by atoms with van der Waals surface area (Å²) < 4.78 is 16.3. The Morgan fingerprint density at radius 2 is 2.03 bits per heavy atom. The number of H-pyrrole nitrogens is 1. The number of fused-ring (bicyclic) bond motifs is 2. The molecule has 3 heterocycles. The number of rotatable bonds is 7. The van der Waals surface area contributed by atoms with Crippen LogP contribution in [0.25, 0.3) is 10.9 Å². The number of hydrogen-bond acceptors (Lipinski definition) is 6. The average Bonchev–Trinajstić information content (AvgIpc) is 3.51. The van der Waals surface area contributed by atoms with Gasteiger partial charge in [-0.25, -0.2) is 4.79 Å². The molecule has 0 radical (unpaired) electrons. The molecule has 1 saturated heterocycles. The maximum Gasteiger partial charge on any atom is 0.322 e. The SMILES string of the molecule is CCN1CCC[C@@H]1CN(Cc1cc2cc3c(cc2[nH]c1=O)OCO3)C(=O)Nc1ccccc1OC. The summed E-state index contributed by atoms with van der Waals surface area (Å²) in [7, 11) is 1.57. The molecule has 9 heteroatoms. The molecule has 3 aromatic rings. The predicted molar refractivity (Wildman–Crippen MR) is 133 cm³/mol. The molecule has 2 aromatic carbocycles. The standard InChI is InChI=1S/C26H30N4O5/c1-3-29-10-6-7-19(29)15-30(26(32)28-20-8-4-5-9-22(20)33-2)14-18-11-17-12-23-24(35-16-34-23)13-21(17)27-25(18)31/h4-5,8-9,11-13,19H,3,6-7,10,14-16H2,1-2H3,(H,27,31)(H,28,32)/t19-/m1/s1. The molecule has 0 aliphatic carbocycles. The molecule has 0 spiro atoms. The zero-order valence-electron chi connectivity index (χ0n) is 20.0. The van der Waals surface area contributed by atoms with Gasteiger partial charge >= 0.3 is 6.03 Å². The van der Waals surface area contributed by atoms with Crippen molar-refractivity contribution >= 4 is 22.6 Å². The number of aromatic amines is 1. The maximum atomic E-state index is 13.5. The Bertz CT molecular complexity index is 1290. The number of methoxy groups -OCH3 is 1. The fourth-order valence-corrected chi connectivity index (χ4v) is 4.90. The second-order valence-electron chi connectivity index (χ2n) is 8.85. The van der Waals surface area contributed by atoms with Crippen molar-refractivity contribution in [2.75, 3.05) is 38.9 Å². The first kappa shape index (κ1) is 23.0. The number of urea groups is 1. The van der Waals surface area contributed by atoms with Gasteiger partial charge in [0.05, 0.1) is 24.9 Å². The lowest BCUT2D eigenvalue weighted by Crippen LogP contribution is -2.45. The van der Waals surface area contributed by atoms with Gasteiger partial charge in [-0.3, -0.25) is 9.69 Å². The van der Waals surface area contributed by atoms with Gasteiger partial charge in [-0.05, 0) is 50.2 Å². The van der Waals surface area contributed by atoms with Crippen molar-refractivity contribution in [3.8, 4) is 17.2 Å². The molecule has 2 aliphatic heterocycles. The molecule has 1 atom stereocenters. The summed E-state index contributed by atoms with van der Waals surface area (Å²) >= 11 is 0. The minimum Gasteiger partial charge on any atom is -0.495 e. The number of ether oxygens (including phenoxy) is 3. The number of likely N-dealkylation sites (tertiary alicyclic amines) is 1. The Morgan fingerprint density at radius 3 is 2.83 bits per heavy atom. The second kappa shape index (κ2) is 9.87. The van der Waals surface area contributed by atoms with Crippen LogP contribution in [0.2, 0.25) is 0 Å². The largest absolute Gasteiger partial charge is 0.495 e. The molecule has 2 aliphatic rings. The van der Waals surface area contributed by atoms with E-state index in [1.165, 1.54) is 0 Å². The number of nitrogens with zero attached hydrogens (tertiary/aromatic N) is 2. The monoisotopic (exact) mass is 478 g/mol. The molecule has 35 heavy (non-hydrogen) atoms. The fraction of sp³-hybridized carbons (Fsp3) is 0.385. The van der Waals surface area contributed by atoms with Gasteiger partial charge in [-0.2, -0.15) is 0 Å². The van der Waals surface area contributed by atoms with E-state index in [1.54, 1.807) is 30.2 Å². The molecule has 0 bridgehead atoms. The highest BCUT2D eigenvalue weighted by Crippen LogP contribution is 2.35. The maximum absolute atomic E-state index is 13.5. The third kappa shape index (κ3) is 4.77. The van der Waals surface area contributed by atoms with E-state index in [-0.39, 0.29) is 31.0 Å². The van der Waals surface area contributed by atoms with E-state index >= 15 is 0 Å². The van der Waals surface area contributed by atoms with Gasteiger partial charge in [0.2, 0.25) is 6.79 Å². The highest BCUT2D eigenvalue weighted by Gasteiger charge is 2.28. The summed E-state index contributed by atoms with van der Waals surface area (Å²) in [4.78, 5) is 33.5. The molecular formula is C26H30N4O5. The number of para-hydroxylation sites is 2. The van der Waals surface area contributed by atoms with Crippen molar-refractivity contribution in [3.05, 3.63) is 58.4 Å². The third-order valence-corrected chi connectivity index (χ3v) is 6.75. The van der Waals surface area contributed by atoms with Gasteiger partial charge in [-0.15, -0.1) is 0 Å². The van der Waals surface area contributed by atoms with Gasteiger partial charge in [-0.1, -0.05) is 19.1 Å². The number of pyridine rings is 1. The first-order chi connectivity index (χ1) is 17.1. The van der Waals surface area contributed by atoms with Crippen molar-refractivity contribution in [2.24, 2.45) is 0 Å². The topological polar surface area (TPSA) is 96.1 Å². The van der Waals surface area contributed by atoms with Gasteiger partial charge < -0.3 is 29.4 Å². The van der Waals surface area contributed by atoms with Crippen LogP contribution in [0.1, 0.15) is 25.3 Å². The lowest BCUT2D eigenvalue weighted by atomic mass is 10.1. The minimum atomic E-state index is -0.275. The summed E-state index contributed by atoms with van der Waals surface area (Å²) in [6, 6.07) is 12.7. The lowest BCUT2D eigenvalue weighted by molar-refractivity contribution is 0.174. The molecule has 1 aromatic heterocycles. The predicted octanol–water partition coefficient (Wildman–Crippen LogP) is 3.78. The van der Waals surface area contributed by atoms with Gasteiger partial charge in [0.25, 0.3) is 5.56 Å². The van der Waals surface area contributed by atoms with Crippen molar-refractivity contribution in [2.45, 2.75) is 32.4 Å². The Balaban J connectivity index is 1.44. The van der Waals surface area contributed by atoms with E-state index in [0.29, 0.717) is 40.6 Å². The van der Waals surface area contributed by atoms with Crippen LogP contribution in [-0.4, -0.2) is 60.4 Å². The van der Waals surface area contributed by atoms with Crippen LogP contribution < -0.4 is 25.1 Å². The van der Waals surface area contributed by atoms with Gasteiger partial charge in [0.15, 0.2) is 11.5 Å². The number of carbonyl (C=O) groups is 1. The number of amides is 2. The van der Waals surface area contributed by atoms with Crippen LogP contribution in [0.3, 0.4) is 0 Å².